The number of rotatable bonds is 11. The van der Waals surface area contributed by atoms with Crippen LogP contribution in [0.3, 0.4) is 0 Å². The van der Waals surface area contributed by atoms with Crippen molar-refractivity contribution in [3.63, 3.8) is 0 Å². The highest BCUT2D eigenvalue weighted by Crippen LogP contribution is 2.10. The molecule has 0 aliphatic rings. The first-order chi connectivity index (χ1) is 11.6. The lowest BCUT2D eigenvalue weighted by molar-refractivity contribution is 0.145. The summed E-state index contributed by atoms with van der Waals surface area (Å²) in [7, 11) is -3.22. The molecule has 0 atom stereocenters. The van der Waals surface area contributed by atoms with Crippen LogP contribution in [0, 0.1) is 0 Å². The summed E-state index contributed by atoms with van der Waals surface area (Å²) in [6, 6.07) is 8.54. The summed E-state index contributed by atoms with van der Waals surface area (Å²) >= 11 is 0. The van der Waals surface area contributed by atoms with Crippen molar-refractivity contribution in [1.82, 2.24) is 10.6 Å². The van der Waals surface area contributed by atoms with E-state index in [9.17, 15) is 8.42 Å². The summed E-state index contributed by atoms with van der Waals surface area (Å²) in [6.45, 7) is 7.42. The third-order valence-electron chi connectivity index (χ3n) is 3.25. The van der Waals surface area contributed by atoms with Gasteiger partial charge in [0, 0.05) is 32.8 Å². The maximum Gasteiger partial charge on any atom is 0.191 e. The Bertz CT molecular complexity index is 574. The lowest BCUT2D eigenvalue weighted by Gasteiger charge is -2.11. The van der Waals surface area contributed by atoms with E-state index in [4.69, 9.17) is 4.74 Å². The Balaban J connectivity index is 2.38. The van der Waals surface area contributed by atoms with E-state index >= 15 is 0 Å². The van der Waals surface area contributed by atoms with E-state index < -0.39 is 9.84 Å². The average molecular weight is 356 g/mol. The smallest absolute Gasteiger partial charge is 0.191 e. The fourth-order valence-corrected chi connectivity index (χ4v) is 3.37. The number of hydrogen-bond acceptors (Lipinski definition) is 4. The Kier molecular flexibility index (Phi) is 10.1. The number of nitrogens with zero attached hydrogens (tertiary/aromatic N) is 1. The number of ether oxygens (including phenoxy) is 1. The van der Waals surface area contributed by atoms with Crippen molar-refractivity contribution >= 4 is 15.8 Å². The minimum atomic E-state index is -3.22. The van der Waals surface area contributed by atoms with Gasteiger partial charge < -0.3 is 15.4 Å². The number of nitrogens with one attached hydrogen (secondary N) is 2. The summed E-state index contributed by atoms with van der Waals surface area (Å²) in [5, 5.41) is 6.37. The second kappa shape index (κ2) is 11.9. The Morgan fingerprint density at radius 3 is 2.54 bits per heavy atom. The van der Waals surface area contributed by atoms with Gasteiger partial charge in [-0.25, -0.2) is 8.42 Å². The van der Waals surface area contributed by atoms with Crippen molar-refractivity contribution in [3.8, 4) is 0 Å². The summed E-state index contributed by atoms with van der Waals surface area (Å²) in [5.41, 5.74) is 0. The molecule has 0 heterocycles. The summed E-state index contributed by atoms with van der Waals surface area (Å²) in [4.78, 5) is 4.79. The molecule has 7 heteroatoms. The standard InChI is InChI=1S/C17H29N3O3S/c1-3-18-17(19-12-8-14-23-4-2)20-13-9-15-24(21,22)16-10-6-5-7-11-16/h5-7,10-11H,3-4,8-9,12-15H2,1-2H3,(H2,18,19,20). The van der Waals surface area contributed by atoms with Crippen molar-refractivity contribution in [2.24, 2.45) is 4.99 Å². The van der Waals surface area contributed by atoms with Gasteiger partial charge in [0.15, 0.2) is 15.8 Å². The predicted octanol–water partition coefficient (Wildman–Crippen LogP) is 1.83. The Hall–Kier alpha value is -1.60. The van der Waals surface area contributed by atoms with Gasteiger partial charge in [0.1, 0.15) is 0 Å². The zero-order valence-corrected chi connectivity index (χ0v) is 15.4. The predicted molar refractivity (Wildman–Crippen MR) is 98.2 cm³/mol. The van der Waals surface area contributed by atoms with Crippen LogP contribution in [0.4, 0.5) is 0 Å². The molecule has 6 nitrogen and oxygen atoms in total. The van der Waals surface area contributed by atoms with Crippen LogP contribution in [-0.4, -0.2) is 53.0 Å². The van der Waals surface area contributed by atoms with Crippen LogP contribution in [0.15, 0.2) is 40.2 Å². The summed E-state index contributed by atoms with van der Waals surface area (Å²) in [6.07, 6.45) is 1.40. The minimum Gasteiger partial charge on any atom is -0.382 e. The van der Waals surface area contributed by atoms with Gasteiger partial charge in [-0.3, -0.25) is 4.99 Å². The molecule has 24 heavy (non-hydrogen) atoms. The van der Waals surface area contributed by atoms with Gasteiger partial charge >= 0.3 is 0 Å². The van der Waals surface area contributed by atoms with E-state index in [1.54, 1.807) is 24.3 Å². The van der Waals surface area contributed by atoms with Gasteiger partial charge in [-0.1, -0.05) is 18.2 Å². The second-order valence-corrected chi connectivity index (χ2v) is 7.33. The lowest BCUT2D eigenvalue weighted by atomic mass is 10.4. The molecule has 136 valence electrons. The zero-order valence-electron chi connectivity index (χ0n) is 14.6. The molecular formula is C17H29N3O3S. The highest BCUT2D eigenvalue weighted by molar-refractivity contribution is 7.91. The number of sulfone groups is 1. The van der Waals surface area contributed by atoms with E-state index in [2.05, 4.69) is 15.6 Å². The third kappa shape index (κ3) is 8.31. The maximum absolute atomic E-state index is 12.2. The molecule has 0 saturated carbocycles. The fraction of sp³-hybridized carbons (Fsp3) is 0.588. The van der Waals surface area contributed by atoms with Crippen LogP contribution in [0.5, 0.6) is 0 Å². The molecule has 1 rings (SSSR count). The van der Waals surface area contributed by atoms with Crippen molar-refractivity contribution in [1.29, 1.82) is 0 Å². The van der Waals surface area contributed by atoms with Crippen LogP contribution >= 0.6 is 0 Å². The van der Waals surface area contributed by atoms with Crippen molar-refractivity contribution < 1.29 is 13.2 Å². The molecule has 1 aromatic rings. The molecule has 0 aliphatic carbocycles. The van der Waals surface area contributed by atoms with Gasteiger partial charge in [-0.15, -0.1) is 0 Å². The molecule has 1 aromatic carbocycles. The van der Waals surface area contributed by atoms with Gasteiger partial charge in [0.2, 0.25) is 0 Å². The molecular weight excluding hydrogens is 326 g/mol. The van der Waals surface area contributed by atoms with Crippen molar-refractivity contribution in [2.75, 3.05) is 38.6 Å². The van der Waals surface area contributed by atoms with E-state index in [0.717, 1.165) is 32.7 Å². The summed E-state index contributed by atoms with van der Waals surface area (Å²) < 4.78 is 29.6. The highest BCUT2D eigenvalue weighted by atomic mass is 32.2. The third-order valence-corrected chi connectivity index (χ3v) is 5.07. The number of aliphatic imine (C=N–C) groups is 1. The van der Waals surface area contributed by atoms with E-state index in [-0.39, 0.29) is 5.75 Å². The summed E-state index contributed by atoms with van der Waals surface area (Å²) in [5.74, 6) is 0.815. The molecule has 0 fully saturated rings. The average Bonchev–Trinajstić information content (AvgIpc) is 2.59. The molecule has 0 aromatic heterocycles. The Morgan fingerprint density at radius 2 is 1.88 bits per heavy atom. The monoisotopic (exact) mass is 355 g/mol. The van der Waals surface area contributed by atoms with Gasteiger partial charge in [-0.05, 0) is 38.8 Å². The van der Waals surface area contributed by atoms with Crippen molar-refractivity contribution in [3.05, 3.63) is 30.3 Å². The Labute approximate surface area is 145 Å². The molecule has 0 bridgehead atoms. The number of guanidine groups is 1. The molecule has 0 amide bonds. The van der Waals surface area contributed by atoms with E-state index in [0.29, 0.717) is 23.8 Å². The quantitative estimate of drug-likeness (QED) is 0.360. The first-order valence-corrected chi connectivity index (χ1v) is 10.1. The molecule has 2 N–H and O–H groups in total. The van der Waals surface area contributed by atoms with Gasteiger partial charge in [0.05, 0.1) is 10.6 Å². The first-order valence-electron chi connectivity index (χ1n) is 8.48. The van der Waals surface area contributed by atoms with Gasteiger partial charge in [0.25, 0.3) is 0 Å². The molecule has 0 aliphatic heterocycles. The molecule has 0 unspecified atom stereocenters. The number of benzene rings is 1. The van der Waals surface area contributed by atoms with Crippen LogP contribution < -0.4 is 10.6 Å². The Morgan fingerprint density at radius 1 is 1.12 bits per heavy atom. The first kappa shape index (κ1) is 20.4. The normalized spacial score (nSPS) is 12.2. The fourth-order valence-electron chi connectivity index (χ4n) is 2.06. The number of hydrogen-bond donors (Lipinski definition) is 2. The SMILES string of the molecule is CCNC(=NCCCS(=O)(=O)c1ccccc1)NCCCOCC. The van der Waals surface area contributed by atoms with Crippen LogP contribution in [0.25, 0.3) is 0 Å². The largest absolute Gasteiger partial charge is 0.382 e. The van der Waals surface area contributed by atoms with E-state index in [1.165, 1.54) is 0 Å². The molecule has 0 saturated heterocycles. The zero-order chi connectivity index (χ0) is 17.7. The van der Waals surface area contributed by atoms with E-state index in [1.807, 2.05) is 19.9 Å². The highest BCUT2D eigenvalue weighted by Gasteiger charge is 2.12. The molecule has 0 radical (unpaired) electrons. The minimum absolute atomic E-state index is 0.101. The van der Waals surface area contributed by atoms with Crippen molar-refractivity contribution in [2.45, 2.75) is 31.6 Å². The van der Waals surface area contributed by atoms with Gasteiger partial charge in [-0.2, -0.15) is 0 Å². The topological polar surface area (TPSA) is 79.8 Å². The lowest BCUT2D eigenvalue weighted by Crippen LogP contribution is -2.38. The molecule has 0 spiro atoms. The van der Waals surface area contributed by atoms with Crippen LogP contribution in [0.1, 0.15) is 26.7 Å². The van der Waals surface area contributed by atoms with Crippen LogP contribution in [-0.2, 0) is 14.6 Å². The van der Waals surface area contributed by atoms with Crippen LogP contribution in [0.2, 0.25) is 0 Å². The maximum atomic E-state index is 12.2. The second-order valence-electron chi connectivity index (χ2n) is 5.22.